The third-order valence-corrected chi connectivity index (χ3v) is 5.33. The van der Waals surface area contributed by atoms with Crippen LogP contribution in [0, 0.1) is 0 Å². The second-order valence-electron chi connectivity index (χ2n) is 6.41. The summed E-state index contributed by atoms with van der Waals surface area (Å²) in [5.74, 6) is -0.709. The third-order valence-electron chi connectivity index (χ3n) is 4.39. The highest BCUT2D eigenvalue weighted by molar-refractivity contribution is 7.99. The van der Waals surface area contributed by atoms with Gasteiger partial charge in [0.25, 0.3) is 5.56 Å². The predicted molar refractivity (Wildman–Crippen MR) is 117 cm³/mol. The standard InChI is InChI=1S/C21H17N5O4S/c1-30-20(29)13-7-9-14(10-8-13)23-17(27)12-31-21-24-18-16(11-22-25-18)19(28)26(21)15-5-3-2-4-6-15/h2-11H,12H2,1H3,(H,22,25)(H,23,27). The molecule has 0 bridgehead atoms. The van der Waals surface area contributed by atoms with Crippen molar-refractivity contribution >= 4 is 40.4 Å². The number of amides is 1. The molecule has 2 N–H and O–H groups in total. The molecule has 0 saturated carbocycles. The van der Waals surface area contributed by atoms with E-state index in [0.29, 0.717) is 33.1 Å². The summed E-state index contributed by atoms with van der Waals surface area (Å²) < 4.78 is 6.11. The van der Waals surface area contributed by atoms with Crippen LogP contribution >= 0.6 is 11.8 Å². The number of aromatic nitrogens is 4. The Hall–Kier alpha value is -3.92. The molecule has 156 valence electrons. The number of nitrogens with zero attached hydrogens (tertiary/aromatic N) is 3. The molecule has 0 aliphatic heterocycles. The van der Waals surface area contributed by atoms with Gasteiger partial charge in [-0.2, -0.15) is 5.10 Å². The molecule has 2 aromatic carbocycles. The molecule has 4 rings (SSSR count). The smallest absolute Gasteiger partial charge is 0.337 e. The Morgan fingerprint density at radius 2 is 1.87 bits per heavy atom. The summed E-state index contributed by atoms with van der Waals surface area (Å²) in [6.45, 7) is 0. The van der Waals surface area contributed by atoms with Gasteiger partial charge in [-0.1, -0.05) is 30.0 Å². The van der Waals surface area contributed by atoms with E-state index in [9.17, 15) is 14.4 Å². The van der Waals surface area contributed by atoms with Gasteiger partial charge < -0.3 is 10.1 Å². The quantitative estimate of drug-likeness (QED) is 0.271. The number of para-hydroxylation sites is 1. The first-order valence-corrected chi connectivity index (χ1v) is 10.2. The highest BCUT2D eigenvalue weighted by Gasteiger charge is 2.16. The number of rotatable bonds is 6. The van der Waals surface area contributed by atoms with Gasteiger partial charge in [0.15, 0.2) is 10.8 Å². The second-order valence-corrected chi connectivity index (χ2v) is 7.35. The van der Waals surface area contributed by atoms with Gasteiger partial charge in [0, 0.05) is 5.69 Å². The number of thioether (sulfide) groups is 1. The van der Waals surface area contributed by atoms with Crippen molar-refractivity contribution in [2.75, 3.05) is 18.2 Å². The molecule has 0 aliphatic carbocycles. The van der Waals surface area contributed by atoms with Crippen LogP contribution in [0.2, 0.25) is 0 Å². The van der Waals surface area contributed by atoms with Crippen LogP contribution in [0.1, 0.15) is 10.4 Å². The molecule has 9 nitrogen and oxygen atoms in total. The average molecular weight is 435 g/mol. The fourth-order valence-electron chi connectivity index (χ4n) is 2.91. The van der Waals surface area contributed by atoms with E-state index < -0.39 is 5.97 Å². The summed E-state index contributed by atoms with van der Waals surface area (Å²) in [7, 11) is 1.30. The van der Waals surface area contributed by atoms with Gasteiger partial charge in [0.2, 0.25) is 5.91 Å². The number of esters is 1. The number of methoxy groups -OCH3 is 1. The average Bonchev–Trinajstić information content (AvgIpc) is 3.27. The van der Waals surface area contributed by atoms with Gasteiger partial charge in [-0.15, -0.1) is 0 Å². The highest BCUT2D eigenvalue weighted by atomic mass is 32.2. The van der Waals surface area contributed by atoms with E-state index in [1.54, 1.807) is 36.4 Å². The molecule has 0 aliphatic rings. The second kappa shape index (κ2) is 8.84. The summed E-state index contributed by atoms with van der Waals surface area (Å²) in [5, 5.41) is 10.1. The molecular formula is C21H17N5O4S. The van der Waals surface area contributed by atoms with Gasteiger partial charge in [-0.25, -0.2) is 9.78 Å². The van der Waals surface area contributed by atoms with Gasteiger partial charge >= 0.3 is 5.97 Å². The maximum atomic E-state index is 13.0. The maximum Gasteiger partial charge on any atom is 0.337 e. The summed E-state index contributed by atoms with van der Waals surface area (Å²) in [6.07, 6.45) is 1.43. The number of benzene rings is 2. The number of nitrogens with one attached hydrogen (secondary N) is 2. The SMILES string of the molecule is COC(=O)c1ccc(NC(=O)CSc2nc3[nH]ncc3c(=O)n2-c2ccccc2)cc1. The molecule has 0 radical (unpaired) electrons. The molecule has 4 aromatic rings. The lowest BCUT2D eigenvalue weighted by atomic mass is 10.2. The monoisotopic (exact) mass is 435 g/mol. The van der Waals surface area contributed by atoms with Crippen molar-refractivity contribution < 1.29 is 14.3 Å². The molecule has 1 amide bonds. The van der Waals surface area contributed by atoms with E-state index in [1.807, 2.05) is 18.2 Å². The number of carbonyl (C=O) groups is 2. The first-order valence-electron chi connectivity index (χ1n) is 9.19. The van der Waals surface area contributed by atoms with Crippen LogP contribution in [-0.2, 0) is 9.53 Å². The van der Waals surface area contributed by atoms with Crippen molar-refractivity contribution in [1.82, 2.24) is 19.7 Å². The van der Waals surface area contributed by atoms with Crippen molar-refractivity contribution in [3.05, 3.63) is 76.7 Å². The molecule has 0 spiro atoms. The lowest BCUT2D eigenvalue weighted by Gasteiger charge is -2.12. The Labute approximate surface area is 180 Å². The van der Waals surface area contributed by atoms with Crippen LogP contribution in [-0.4, -0.2) is 44.5 Å². The number of H-pyrrole nitrogens is 1. The van der Waals surface area contributed by atoms with Crippen LogP contribution in [0.3, 0.4) is 0 Å². The van der Waals surface area contributed by atoms with Gasteiger partial charge in [0.1, 0.15) is 5.39 Å². The Kier molecular flexibility index (Phi) is 5.80. The van der Waals surface area contributed by atoms with E-state index in [4.69, 9.17) is 0 Å². The molecule has 0 saturated heterocycles. The Bertz CT molecular complexity index is 1300. The maximum absolute atomic E-state index is 13.0. The van der Waals surface area contributed by atoms with Gasteiger partial charge in [-0.3, -0.25) is 19.3 Å². The van der Waals surface area contributed by atoms with Gasteiger partial charge in [0.05, 0.1) is 30.3 Å². The zero-order valence-corrected chi connectivity index (χ0v) is 17.2. The molecule has 10 heteroatoms. The number of carbonyl (C=O) groups excluding carboxylic acids is 2. The van der Waals surface area contributed by atoms with E-state index >= 15 is 0 Å². The van der Waals surface area contributed by atoms with E-state index in [-0.39, 0.29) is 17.2 Å². The third kappa shape index (κ3) is 4.33. The van der Waals surface area contributed by atoms with Gasteiger partial charge in [-0.05, 0) is 36.4 Å². The molecule has 0 fully saturated rings. The largest absolute Gasteiger partial charge is 0.465 e. The Morgan fingerprint density at radius 1 is 1.13 bits per heavy atom. The van der Waals surface area contributed by atoms with E-state index in [1.165, 1.54) is 17.9 Å². The van der Waals surface area contributed by atoms with E-state index in [2.05, 4.69) is 25.2 Å². The number of hydrogen-bond donors (Lipinski definition) is 2. The number of aromatic amines is 1. The van der Waals surface area contributed by atoms with Crippen LogP contribution in [0.15, 0.2) is 70.7 Å². The number of ether oxygens (including phenoxy) is 1. The number of hydrogen-bond acceptors (Lipinski definition) is 7. The normalized spacial score (nSPS) is 10.7. The topological polar surface area (TPSA) is 119 Å². The van der Waals surface area contributed by atoms with Crippen molar-refractivity contribution in [3.63, 3.8) is 0 Å². The van der Waals surface area contributed by atoms with Crippen molar-refractivity contribution in [1.29, 1.82) is 0 Å². The fourth-order valence-corrected chi connectivity index (χ4v) is 3.72. The lowest BCUT2D eigenvalue weighted by Crippen LogP contribution is -2.22. The summed E-state index contributed by atoms with van der Waals surface area (Å²) in [4.78, 5) is 41.4. The number of fused-ring (bicyclic) bond motifs is 1. The summed E-state index contributed by atoms with van der Waals surface area (Å²) in [6, 6.07) is 15.4. The van der Waals surface area contributed by atoms with Crippen molar-refractivity contribution in [3.8, 4) is 5.69 Å². The minimum atomic E-state index is -0.451. The zero-order chi connectivity index (χ0) is 21.8. The van der Waals surface area contributed by atoms with E-state index in [0.717, 1.165) is 11.8 Å². The minimum absolute atomic E-state index is 0.0255. The lowest BCUT2D eigenvalue weighted by molar-refractivity contribution is -0.113. The molecule has 31 heavy (non-hydrogen) atoms. The first-order chi connectivity index (χ1) is 15.1. The van der Waals surface area contributed by atoms with Crippen LogP contribution < -0.4 is 10.9 Å². The molecule has 0 unspecified atom stereocenters. The molecule has 0 atom stereocenters. The number of anilines is 1. The van der Waals surface area contributed by atoms with Crippen LogP contribution in [0.5, 0.6) is 0 Å². The zero-order valence-electron chi connectivity index (χ0n) is 16.4. The highest BCUT2D eigenvalue weighted by Crippen LogP contribution is 2.21. The van der Waals surface area contributed by atoms with Crippen molar-refractivity contribution in [2.45, 2.75) is 5.16 Å². The molecular weight excluding hydrogens is 418 g/mol. The minimum Gasteiger partial charge on any atom is -0.465 e. The van der Waals surface area contributed by atoms with Crippen LogP contribution in [0.25, 0.3) is 16.7 Å². The van der Waals surface area contributed by atoms with Crippen LogP contribution in [0.4, 0.5) is 5.69 Å². The Balaban J connectivity index is 1.54. The van der Waals surface area contributed by atoms with Crippen molar-refractivity contribution in [2.24, 2.45) is 0 Å². The summed E-state index contributed by atoms with van der Waals surface area (Å²) >= 11 is 1.13. The Morgan fingerprint density at radius 3 is 2.58 bits per heavy atom. The fraction of sp³-hybridized carbons (Fsp3) is 0.0952. The summed E-state index contributed by atoms with van der Waals surface area (Å²) in [5.41, 5.74) is 1.66. The first kappa shape index (κ1) is 20.4. The molecule has 2 aromatic heterocycles. The molecule has 2 heterocycles. The predicted octanol–water partition coefficient (Wildman–Crippen LogP) is 2.63.